The molecule has 4 rings (SSSR count). The van der Waals surface area contributed by atoms with Gasteiger partial charge in [0.05, 0.1) is 0 Å². The van der Waals surface area contributed by atoms with E-state index >= 15 is 0 Å². The molecule has 5 nitrogen and oxygen atoms in total. The van der Waals surface area contributed by atoms with E-state index in [1.165, 1.54) is 6.42 Å². The lowest BCUT2D eigenvalue weighted by molar-refractivity contribution is -0.126. The van der Waals surface area contributed by atoms with Gasteiger partial charge in [-0.05, 0) is 63.6 Å². The molecule has 3 aliphatic rings. The molecule has 0 bridgehead atoms. The molecule has 0 radical (unpaired) electrons. The molecule has 2 heterocycles. The Kier molecular flexibility index (Phi) is 7.00. The van der Waals surface area contributed by atoms with E-state index in [1.54, 1.807) is 0 Å². The summed E-state index contributed by atoms with van der Waals surface area (Å²) in [5, 5.41) is 6.69. The predicted molar refractivity (Wildman–Crippen MR) is 113 cm³/mol. The molecule has 5 atom stereocenters. The van der Waals surface area contributed by atoms with E-state index in [9.17, 15) is 9.59 Å². The van der Waals surface area contributed by atoms with Gasteiger partial charge in [0, 0.05) is 23.7 Å². The normalized spacial score (nSPS) is 32.2. The lowest BCUT2D eigenvalue weighted by atomic mass is 9.84. The molecular formula is C22H32ClN3O2. The number of nitrogens with one attached hydrogen (secondary N) is 2. The molecule has 2 saturated heterocycles. The van der Waals surface area contributed by atoms with Gasteiger partial charge in [-0.3, -0.25) is 9.59 Å². The van der Waals surface area contributed by atoms with Crippen molar-refractivity contribution in [2.24, 2.45) is 5.92 Å². The maximum Gasteiger partial charge on any atom is 0.254 e. The van der Waals surface area contributed by atoms with Crippen molar-refractivity contribution in [3.8, 4) is 0 Å². The number of benzene rings is 1. The minimum absolute atomic E-state index is 0. The summed E-state index contributed by atoms with van der Waals surface area (Å²) in [4.78, 5) is 28.4. The Morgan fingerprint density at radius 1 is 1.07 bits per heavy atom. The third kappa shape index (κ3) is 4.36. The quantitative estimate of drug-likeness (QED) is 0.812. The fraction of sp³-hybridized carbons (Fsp3) is 0.636. The molecule has 0 spiro atoms. The summed E-state index contributed by atoms with van der Waals surface area (Å²) < 4.78 is 0. The third-order valence-electron chi connectivity index (χ3n) is 6.62. The first-order valence-corrected chi connectivity index (χ1v) is 10.5. The zero-order valence-electron chi connectivity index (χ0n) is 16.6. The van der Waals surface area contributed by atoms with Crippen molar-refractivity contribution in [1.29, 1.82) is 0 Å². The first-order valence-electron chi connectivity index (χ1n) is 10.5. The first-order chi connectivity index (χ1) is 13.1. The number of fused-ring (bicyclic) bond motifs is 1. The van der Waals surface area contributed by atoms with E-state index in [0.717, 1.165) is 45.1 Å². The summed E-state index contributed by atoms with van der Waals surface area (Å²) in [6.07, 6.45) is 7.26. The van der Waals surface area contributed by atoms with Crippen molar-refractivity contribution < 1.29 is 9.59 Å². The molecule has 2 amide bonds. The molecular weight excluding hydrogens is 374 g/mol. The molecule has 6 heteroatoms. The maximum absolute atomic E-state index is 13.3. The Balaban J connectivity index is 0.00000225. The summed E-state index contributed by atoms with van der Waals surface area (Å²) >= 11 is 0. The summed E-state index contributed by atoms with van der Waals surface area (Å²) in [5.41, 5.74) is 0.692. The number of carbonyl (C=O) groups is 2. The van der Waals surface area contributed by atoms with Crippen molar-refractivity contribution in [2.45, 2.75) is 76.0 Å². The van der Waals surface area contributed by atoms with Crippen molar-refractivity contribution in [3.63, 3.8) is 0 Å². The highest BCUT2D eigenvalue weighted by Crippen LogP contribution is 2.40. The van der Waals surface area contributed by atoms with Crippen LogP contribution in [0.25, 0.3) is 0 Å². The van der Waals surface area contributed by atoms with E-state index < -0.39 is 0 Å². The van der Waals surface area contributed by atoms with Crippen LogP contribution in [0.4, 0.5) is 0 Å². The first kappa shape index (κ1) is 21.1. The summed E-state index contributed by atoms with van der Waals surface area (Å²) in [6.45, 7) is 3.10. The van der Waals surface area contributed by atoms with Crippen LogP contribution in [0.2, 0.25) is 0 Å². The van der Waals surface area contributed by atoms with Gasteiger partial charge in [0.1, 0.15) is 6.04 Å². The molecule has 5 unspecified atom stereocenters. The van der Waals surface area contributed by atoms with Gasteiger partial charge in [-0.15, -0.1) is 12.4 Å². The number of piperidine rings is 1. The Bertz CT molecular complexity index is 684. The van der Waals surface area contributed by atoms with Crippen molar-refractivity contribution >= 4 is 24.2 Å². The number of hydrogen-bond acceptors (Lipinski definition) is 3. The fourth-order valence-electron chi connectivity index (χ4n) is 5.28. The van der Waals surface area contributed by atoms with Crippen LogP contribution in [0.1, 0.15) is 62.2 Å². The van der Waals surface area contributed by atoms with Gasteiger partial charge in [-0.25, -0.2) is 0 Å². The third-order valence-corrected chi connectivity index (χ3v) is 6.62. The minimum Gasteiger partial charge on any atom is -0.351 e. The second-order valence-electron chi connectivity index (χ2n) is 8.53. The zero-order chi connectivity index (χ0) is 18.8. The van der Waals surface area contributed by atoms with E-state index in [1.807, 2.05) is 35.2 Å². The average Bonchev–Trinajstić information content (AvgIpc) is 3.08. The summed E-state index contributed by atoms with van der Waals surface area (Å²) in [7, 11) is 0. The van der Waals surface area contributed by atoms with Crippen molar-refractivity contribution in [1.82, 2.24) is 15.5 Å². The molecule has 28 heavy (non-hydrogen) atoms. The number of halogens is 1. The highest BCUT2D eigenvalue weighted by molar-refractivity contribution is 5.98. The summed E-state index contributed by atoms with van der Waals surface area (Å²) in [5.74, 6) is 0.533. The molecule has 3 fully saturated rings. The Labute approximate surface area is 174 Å². The molecule has 1 aliphatic carbocycles. The molecule has 2 N–H and O–H groups in total. The van der Waals surface area contributed by atoms with Crippen LogP contribution >= 0.6 is 12.4 Å². The maximum atomic E-state index is 13.3. The number of likely N-dealkylation sites (tertiary alicyclic amines) is 1. The van der Waals surface area contributed by atoms with Crippen LogP contribution < -0.4 is 10.6 Å². The Morgan fingerprint density at radius 3 is 2.57 bits per heavy atom. The second kappa shape index (κ2) is 9.27. The van der Waals surface area contributed by atoms with Crippen LogP contribution in [0, 0.1) is 5.92 Å². The van der Waals surface area contributed by atoms with E-state index in [2.05, 4.69) is 17.6 Å². The van der Waals surface area contributed by atoms with Crippen LogP contribution in [0.5, 0.6) is 0 Å². The van der Waals surface area contributed by atoms with Gasteiger partial charge in [0.15, 0.2) is 0 Å². The van der Waals surface area contributed by atoms with Gasteiger partial charge >= 0.3 is 0 Å². The van der Waals surface area contributed by atoms with Gasteiger partial charge in [-0.1, -0.05) is 31.0 Å². The largest absolute Gasteiger partial charge is 0.351 e. The molecule has 2 aliphatic heterocycles. The highest BCUT2D eigenvalue weighted by Gasteiger charge is 2.47. The predicted octanol–water partition coefficient (Wildman–Crippen LogP) is 3.14. The van der Waals surface area contributed by atoms with Gasteiger partial charge < -0.3 is 15.5 Å². The lowest BCUT2D eigenvalue weighted by Crippen LogP contribution is -2.53. The molecule has 154 valence electrons. The molecule has 0 aromatic heterocycles. The van der Waals surface area contributed by atoms with Crippen LogP contribution in [-0.2, 0) is 4.79 Å². The minimum atomic E-state index is -0.323. The van der Waals surface area contributed by atoms with Gasteiger partial charge in [0.25, 0.3) is 5.91 Å². The highest BCUT2D eigenvalue weighted by atomic mass is 35.5. The zero-order valence-corrected chi connectivity index (χ0v) is 17.4. The Hall–Kier alpha value is -1.59. The molecule has 1 saturated carbocycles. The smallest absolute Gasteiger partial charge is 0.254 e. The van der Waals surface area contributed by atoms with E-state index in [-0.39, 0.29) is 42.3 Å². The molecule has 1 aromatic carbocycles. The van der Waals surface area contributed by atoms with E-state index in [4.69, 9.17) is 0 Å². The number of nitrogens with zero attached hydrogens (tertiary/aromatic N) is 1. The monoisotopic (exact) mass is 405 g/mol. The number of amides is 2. The van der Waals surface area contributed by atoms with Crippen LogP contribution in [-0.4, -0.2) is 47.4 Å². The van der Waals surface area contributed by atoms with Crippen LogP contribution in [0.15, 0.2) is 30.3 Å². The van der Waals surface area contributed by atoms with Gasteiger partial charge in [-0.2, -0.15) is 0 Å². The molecule has 1 aromatic rings. The summed E-state index contributed by atoms with van der Waals surface area (Å²) in [6, 6.07) is 9.98. The number of carbonyl (C=O) groups excluding carboxylic acids is 2. The number of rotatable bonds is 3. The SMILES string of the molecule is CC1CC(NC(=O)C2CC3CCCCC3N2C(=O)c2ccccc2)CCN1.Cl. The van der Waals surface area contributed by atoms with Crippen LogP contribution in [0.3, 0.4) is 0 Å². The number of hydrogen-bond donors (Lipinski definition) is 2. The van der Waals surface area contributed by atoms with Crippen molar-refractivity contribution in [3.05, 3.63) is 35.9 Å². The standard InChI is InChI=1S/C22H31N3O2.ClH/c1-15-13-18(11-12-23-15)24-21(26)20-14-17-9-5-6-10-19(17)25(20)22(27)16-7-3-2-4-8-16;/h2-4,7-8,15,17-20,23H,5-6,9-14H2,1H3,(H,24,26);1H. The second-order valence-corrected chi connectivity index (χ2v) is 8.53. The van der Waals surface area contributed by atoms with Crippen molar-refractivity contribution in [2.75, 3.05) is 6.54 Å². The lowest BCUT2D eigenvalue weighted by Gasteiger charge is -2.35. The van der Waals surface area contributed by atoms with Gasteiger partial charge in [0.2, 0.25) is 5.91 Å². The fourth-order valence-corrected chi connectivity index (χ4v) is 5.28. The Morgan fingerprint density at radius 2 is 1.82 bits per heavy atom. The van der Waals surface area contributed by atoms with E-state index in [0.29, 0.717) is 17.5 Å². The topological polar surface area (TPSA) is 61.4 Å². The average molecular weight is 406 g/mol.